The molecule has 0 aliphatic heterocycles. The first-order valence-corrected chi connectivity index (χ1v) is 6.84. The molecule has 104 valence electrons. The molecule has 0 radical (unpaired) electrons. The van der Waals surface area contributed by atoms with Crippen LogP contribution < -0.4 is 10.5 Å². The van der Waals surface area contributed by atoms with Gasteiger partial charge in [-0.3, -0.25) is 5.41 Å². The third-order valence-electron chi connectivity index (χ3n) is 2.56. The fraction of sp³-hybridized carbons (Fsp3) is 0.0714. The summed E-state index contributed by atoms with van der Waals surface area (Å²) in [5, 5.41) is 7.79. The molecule has 0 unspecified atom stereocenters. The summed E-state index contributed by atoms with van der Waals surface area (Å²) < 4.78 is 19.8. The summed E-state index contributed by atoms with van der Waals surface area (Å²) in [6.07, 6.45) is 0. The average molecular weight is 358 g/mol. The van der Waals surface area contributed by atoms with E-state index in [0.717, 1.165) is 4.47 Å². The molecule has 0 saturated carbocycles. The quantitative estimate of drug-likeness (QED) is 0.639. The van der Waals surface area contributed by atoms with Gasteiger partial charge < -0.3 is 10.5 Å². The maximum atomic E-state index is 13.4. The van der Waals surface area contributed by atoms with Crippen LogP contribution in [0.4, 0.5) is 4.39 Å². The summed E-state index contributed by atoms with van der Waals surface area (Å²) in [5.41, 5.74) is 6.25. The van der Waals surface area contributed by atoms with E-state index in [1.165, 1.54) is 12.1 Å². The van der Waals surface area contributed by atoms with Gasteiger partial charge in [0.1, 0.15) is 24.0 Å². The molecule has 0 spiro atoms. The van der Waals surface area contributed by atoms with Crippen molar-refractivity contribution in [2.45, 2.75) is 6.61 Å². The Morgan fingerprint density at radius 2 is 2.05 bits per heavy atom. The zero-order valence-electron chi connectivity index (χ0n) is 10.3. The number of rotatable bonds is 4. The predicted molar refractivity (Wildman–Crippen MR) is 80.9 cm³/mol. The standard InChI is InChI=1S/C14H11BrClFN2O/c15-10-1-2-13(12(16)6-10)20-7-8-3-9(14(18)19)5-11(17)4-8/h1-6H,7H2,(H3,18,19). The highest BCUT2D eigenvalue weighted by Gasteiger charge is 2.06. The van der Waals surface area contributed by atoms with E-state index in [1.54, 1.807) is 24.3 Å². The maximum absolute atomic E-state index is 13.4. The molecule has 2 aromatic carbocycles. The van der Waals surface area contributed by atoms with Gasteiger partial charge >= 0.3 is 0 Å². The number of benzene rings is 2. The average Bonchev–Trinajstić information content (AvgIpc) is 2.37. The highest BCUT2D eigenvalue weighted by molar-refractivity contribution is 9.10. The number of halogens is 3. The molecular formula is C14H11BrClFN2O. The van der Waals surface area contributed by atoms with Gasteiger partial charge in [-0.15, -0.1) is 0 Å². The summed E-state index contributed by atoms with van der Waals surface area (Å²) in [6, 6.07) is 9.38. The molecule has 3 N–H and O–H groups in total. The second kappa shape index (κ2) is 6.24. The van der Waals surface area contributed by atoms with Gasteiger partial charge in [0, 0.05) is 10.0 Å². The van der Waals surface area contributed by atoms with Gasteiger partial charge in [0.05, 0.1) is 5.02 Å². The molecule has 0 atom stereocenters. The molecular weight excluding hydrogens is 347 g/mol. The summed E-state index contributed by atoms with van der Waals surface area (Å²) in [4.78, 5) is 0. The molecule has 20 heavy (non-hydrogen) atoms. The Kier molecular flexibility index (Phi) is 4.62. The van der Waals surface area contributed by atoms with Crippen molar-refractivity contribution < 1.29 is 9.13 Å². The van der Waals surface area contributed by atoms with Gasteiger partial charge in [-0.25, -0.2) is 4.39 Å². The monoisotopic (exact) mass is 356 g/mol. The summed E-state index contributed by atoms with van der Waals surface area (Å²) >= 11 is 9.33. The minimum atomic E-state index is -0.460. The van der Waals surface area contributed by atoms with Crippen molar-refractivity contribution in [2.24, 2.45) is 5.73 Å². The van der Waals surface area contributed by atoms with Crippen molar-refractivity contribution in [3.63, 3.8) is 0 Å². The van der Waals surface area contributed by atoms with Crippen molar-refractivity contribution in [1.29, 1.82) is 5.41 Å². The third-order valence-corrected chi connectivity index (χ3v) is 3.35. The summed E-state index contributed by atoms with van der Waals surface area (Å²) in [6.45, 7) is 0.138. The number of nitrogens with two attached hydrogens (primary N) is 1. The van der Waals surface area contributed by atoms with Crippen LogP contribution in [-0.4, -0.2) is 5.84 Å². The van der Waals surface area contributed by atoms with Crippen LogP contribution in [-0.2, 0) is 6.61 Å². The zero-order valence-corrected chi connectivity index (χ0v) is 12.6. The normalized spacial score (nSPS) is 10.3. The van der Waals surface area contributed by atoms with E-state index < -0.39 is 5.82 Å². The predicted octanol–water partition coefficient (Wildman–Crippen LogP) is 4.10. The highest BCUT2D eigenvalue weighted by atomic mass is 79.9. The maximum Gasteiger partial charge on any atom is 0.138 e. The van der Waals surface area contributed by atoms with Crippen molar-refractivity contribution in [3.8, 4) is 5.75 Å². The number of ether oxygens (including phenoxy) is 1. The fourth-order valence-corrected chi connectivity index (χ4v) is 2.37. The van der Waals surface area contributed by atoms with Crippen molar-refractivity contribution in [2.75, 3.05) is 0 Å². The minimum Gasteiger partial charge on any atom is -0.487 e. The van der Waals surface area contributed by atoms with E-state index in [1.807, 2.05) is 0 Å². The van der Waals surface area contributed by atoms with Crippen molar-refractivity contribution in [1.82, 2.24) is 0 Å². The second-order valence-electron chi connectivity index (χ2n) is 4.13. The fourth-order valence-electron chi connectivity index (χ4n) is 1.64. The van der Waals surface area contributed by atoms with Crippen LogP contribution in [0.15, 0.2) is 40.9 Å². The second-order valence-corrected chi connectivity index (χ2v) is 5.45. The number of hydrogen-bond donors (Lipinski definition) is 2. The van der Waals surface area contributed by atoms with Gasteiger partial charge in [-0.1, -0.05) is 27.5 Å². The lowest BCUT2D eigenvalue weighted by Crippen LogP contribution is -2.12. The van der Waals surface area contributed by atoms with E-state index in [9.17, 15) is 4.39 Å². The van der Waals surface area contributed by atoms with Crippen LogP contribution in [0, 0.1) is 11.2 Å². The molecule has 0 bridgehead atoms. The Bertz CT molecular complexity index is 664. The first kappa shape index (κ1) is 14.8. The number of amidine groups is 1. The molecule has 0 heterocycles. The van der Waals surface area contributed by atoms with Crippen LogP contribution in [0.2, 0.25) is 5.02 Å². The van der Waals surface area contributed by atoms with Gasteiger partial charge in [-0.2, -0.15) is 0 Å². The lowest BCUT2D eigenvalue weighted by molar-refractivity contribution is 0.305. The molecule has 3 nitrogen and oxygen atoms in total. The molecule has 0 aliphatic rings. The van der Waals surface area contributed by atoms with Crippen LogP contribution in [0.5, 0.6) is 5.75 Å². The Morgan fingerprint density at radius 1 is 1.30 bits per heavy atom. The highest BCUT2D eigenvalue weighted by Crippen LogP contribution is 2.28. The Morgan fingerprint density at radius 3 is 2.70 bits per heavy atom. The third kappa shape index (κ3) is 3.71. The summed E-state index contributed by atoms with van der Waals surface area (Å²) in [5.74, 6) is -0.144. The molecule has 2 rings (SSSR count). The topological polar surface area (TPSA) is 59.1 Å². The van der Waals surface area contributed by atoms with E-state index >= 15 is 0 Å². The molecule has 2 aromatic rings. The molecule has 0 aromatic heterocycles. The largest absolute Gasteiger partial charge is 0.487 e. The molecule has 0 saturated heterocycles. The number of hydrogen-bond acceptors (Lipinski definition) is 2. The first-order valence-electron chi connectivity index (χ1n) is 5.67. The SMILES string of the molecule is N=C(N)c1cc(F)cc(COc2ccc(Br)cc2Cl)c1. The Balaban J connectivity index is 2.16. The van der Waals surface area contributed by atoms with Crippen molar-refractivity contribution >= 4 is 33.4 Å². The summed E-state index contributed by atoms with van der Waals surface area (Å²) in [7, 11) is 0. The van der Waals surface area contributed by atoms with Crippen molar-refractivity contribution in [3.05, 3.63) is 62.8 Å². The van der Waals surface area contributed by atoms with Crippen LogP contribution in [0.25, 0.3) is 0 Å². The van der Waals surface area contributed by atoms with Crippen LogP contribution in [0.3, 0.4) is 0 Å². The van der Waals surface area contributed by atoms with Gasteiger partial charge in [0.15, 0.2) is 0 Å². The Labute approximate surface area is 129 Å². The van der Waals surface area contributed by atoms with Gasteiger partial charge in [0.25, 0.3) is 0 Å². The Hall–Kier alpha value is -1.59. The zero-order chi connectivity index (χ0) is 14.7. The van der Waals surface area contributed by atoms with E-state index in [4.69, 9.17) is 27.5 Å². The van der Waals surface area contributed by atoms with Crippen LogP contribution in [0.1, 0.15) is 11.1 Å². The van der Waals surface area contributed by atoms with E-state index in [-0.39, 0.29) is 12.4 Å². The number of nitrogens with one attached hydrogen (secondary N) is 1. The molecule has 0 aliphatic carbocycles. The van der Waals surface area contributed by atoms with Gasteiger partial charge in [-0.05, 0) is 42.0 Å². The van der Waals surface area contributed by atoms with Crippen LogP contribution >= 0.6 is 27.5 Å². The first-order chi connectivity index (χ1) is 9.45. The minimum absolute atomic E-state index is 0.138. The van der Waals surface area contributed by atoms with E-state index in [2.05, 4.69) is 15.9 Å². The molecule has 6 heteroatoms. The lowest BCUT2D eigenvalue weighted by Gasteiger charge is -2.09. The molecule has 0 fully saturated rings. The molecule has 0 amide bonds. The van der Waals surface area contributed by atoms with Gasteiger partial charge in [0.2, 0.25) is 0 Å². The van der Waals surface area contributed by atoms with E-state index in [0.29, 0.717) is 21.9 Å². The lowest BCUT2D eigenvalue weighted by atomic mass is 10.1. The number of nitrogen functional groups attached to an aromatic ring is 1. The smallest absolute Gasteiger partial charge is 0.138 e.